The summed E-state index contributed by atoms with van der Waals surface area (Å²) in [5, 5.41) is 8.82. The van der Waals surface area contributed by atoms with Gasteiger partial charge < -0.3 is 9.88 Å². The molecule has 3 heterocycles. The summed E-state index contributed by atoms with van der Waals surface area (Å²) in [6.07, 6.45) is 4.78. The summed E-state index contributed by atoms with van der Waals surface area (Å²) in [5.41, 5.74) is 2.26. The molecule has 9 heteroatoms. The number of fused-ring (bicyclic) bond motifs is 1. The minimum absolute atomic E-state index is 0.0411. The van der Waals surface area contributed by atoms with E-state index >= 15 is 0 Å². The fourth-order valence-electron chi connectivity index (χ4n) is 4.21. The van der Waals surface area contributed by atoms with Crippen LogP contribution in [0.4, 0.5) is 4.39 Å². The normalized spacial score (nSPS) is 15.9. The highest BCUT2D eigenvalue weighted by Gasteiger charge is 2.26. The molecule has 168 valence electrons. The average molecular weight is 464 g/mol. The number of aromatic amines is 1. The van der Waals surface area contributed by atoms with Crippen molar-refractivity contribution in [3.05, 3.63) is 76.5 Å². The number of nitrogens with one attached hydrogen (secondary N) is 1. The standard InChI is InChI=1S/C24H22FN5O2S/c1-33-14-15-8-9-29(12-15)24(32)16-2-5-19(6-3-16)30-13-22(27-28-30)20-11-17-10-18(25)4-7-21(17)26-23(20)31/h2-7,10-11,13,15H,8-9,12,14H2,1H3,(H,26,31). The molecule has 1 fully saturated rings. The van der Waals surface area contributed by atoms with Crippen LogP contribution >= 0.6 is 11.8 Å². The number of hydrogen-bond acceptors (Lipinski definition) is 5. The van der Waals surface area contributed by atoms with E-state index in [0.29, 0.717) is 33.6 Å². The van der Waals surface area contributed by atoms with Crippen LogP contribution in [0.3, 0.4) is 0 Å². The van der Waals surface area contributed by atoms with Crippen LogP contribution in [0, 0.1) is 11.7 Å². The lowest BCUT2D eigenvalue weighted by Gasteiger charge is -2.16. The molecule has 2 aromatic heterocycles. The van der Waals surface area contributed by atoms with Crippen LogP contribution in [-0.4, -0.2) is 55.9 Å². The van der Waals surface area contributed by atoms with E-state index in [9.17, 15) is 14.0 Å². The number of benzene rings is 2. The molecule has 0 spiro atoms. The minimum Gasteiger partial charge on any atom is -0.338 e. The van der Waals surface area contributed by atoms with Gasteiger partial charge >= 0.3 is 0 Å². The maximum Gasteiger partial charge on any atom is 0.258 e. The number of rotatable bonds is 5. The Kier molecular flexibility index (Phi) is 5.72. The van der Waals surface area contributed by atoms with E-state index in [1.54, 1.807) is 41.2 Å². The van der Waals surface area contributed by atoms with Gasteiger partial charge in [0.15, 0.2) is 0 Å². The van der Waals surface area contributed by atoms with Gasteiger partial charge in [0.05, 0.1) is 17.4 Å². The van der Waals surface area contributed by atoms with Crippen LogP contribution in [0.1, 0.15) is 16.8 Å². The minimum atomic E-state index is -0.382. The summed E-state index contributed by atoms with van der Waals surface area (Å²) < 4.78 is 15.1. The maximum atomic E-state index is 13.6. The number of halogens is 1. The van der Waals surface area contributed by atoms with E-state index in [0.717, 1.165) is 31.0 Å². The molecule has 4 aromatic rings. The van der Waals surface area contributed by atoms with Gasteiger partial charge in [-0.25, -0.2) is 9.07 Å². The molecule has 1 aliphatic rings. The fourth-order valence-corrected chi connectivity index (χ4v) is 4.95. The van der Waals surface area contributed by atoms with Gasteiger partial charge in [-0.2, -0.15) is 11.8 Å². The van der Waals surface area contributed by atoms with Crippen molar-refractivity contribution in [2.24, 2.45) is 5.92 Å². The summed E-state index contributed by atoms with van der Waals surface area (Å²) in [4.78, 5) is 30.0. The van der Waals surface area contributed by atoms with Gasteiger partial charge in [0, 0.05) is 29.6 Å². The van der Waals surface area contributed by atoms with Gasteiger partial charge in [-0.05, 0) is 72.9 Å². The molecule has 0 bridgehead atoms. The molecule has 1 aliphatic heterocycles. The summed E-state index contributed by atoms with van der Waals surface area (Å²) in [6, 6.07) is 13.0. The van der Waals surface area contributed by atoms with Crippen LogP contribution in [0.2, 0.25) is 0 Å². The quantitative estimate of drug-likeness (QED) is 0.488. The van der Waals surface area contributed by atoms with Crippen molar-refractivity contribution in [2.45, 2.75) is 6.42 Å². The Balaban J connectivity index is 1.36. The first kappa shape index (κ1) is 21.4. The SMILES string of the molecule is CSCC1CCN(C(=O)c2ccc(-n3cc(-c4cc5cc(F)ccc5[nH]c4=O)nn3)cc2)C1. The third kappa shape index (κ3) is 4.28. The van der Waals surface area contributed by atoms with Crippen molar-refractivity contribution >= 4 is 28.6 Å². The number of thioether (sulfide) groups is 1. The topological polar surface area (TPSA) is 83.9 Å². The van der Waals surface area contributed by atoms with Gasteiger partial charge in [0.25, 0.3) is 11.5 Å². The Morgan fingerprint density at radius 3 is 2.82 bits per heavy atom. The van der Waals surface area contributed by atoms with Crippen molar-refractivity contribution in [1.29, 1.82) is 0 Å². The first-order chi connectivity index (χ1) is 16.0. The lowest BCUT2D eigenvalue weighted by molar-refractivity contribution is 0.0788. The molecule has 1 unspecified atom stereocenters. The molecule has 1 N–H and O–H groups in total. The molecule has 0 radical (unpaired) electrons. The molecule has 1 saturated heterocycles. The lowest BCUT2D eigenvalue weighted by atomic mass is 10.1. The van der Waals surface area contributed by atoms with E-state index in [1.165, 1.54) is 18.2 Å². The van der Waals surface area contributed by atoms with E-state index in [-0.39, 0.29) is 17.3 Å². The van der Waals surface area contributed by atoms with Gasteiger partial charge in [-0.1, -0.05) is 5.21 Å². The van der Waals surface area contributed by atoms with Crippen molar-refractivity contribution in [1.82, 2.24) is 24.9 Å². The molecule has 7 nitrogen and oxygen atoms in total. The number of hydrogen-bond donors (Lipinski definition) is 1. The first-order valence-corrected chi connectivity index (χ1v) is 12.0. The Morgan fingerprint density at radius 1 is 1.21 bits per heavy atom. The maximum absolute atomic E-state index is 13.6. The molecule has 0 saturated carbocycles. The van der Waals surface area contributed by atoms with Gasteiger partial charge in [0.1, 0.15) is 11.5 Å². The Morgan fingerprint density at radius 2 is 2.03 bits per heavy atom. The molecule has 1 atom stereocenters. The third-order valence-electron chi connectivity index (χ3n) is 5.93. The highest BCUT2D eigenvalue weighted by atomic mass is 32.2. The summed E-state index contributed by atoms with van der Waals surface area (Å²) in [7, 11) is 0. The predicted octanol–water partition coefficient (Wildman–Crippen LogP) is 3.74. The van der Waals surface area contributed by atoms with E-state index in [4.69, 9.17) is 0 Å². The van der Waals surface area contributed by atoms with Gasteiger partial charge in [-0.15, -0.1) is 5.10 Å². The zero-order valence-corrected chi connectivity index (χ0v) is 18.8. The number of H-pyrrole nitrogens is 1. The first-order valence-electron chi connectivity index (χ1n) is 10.7. The van der Waals surface area contributed by atoms with Crippen LogP contribution < -0.4 is 5.56 Å². The zero-order valence-electron chi connectivity index (χ0n) is 18.0. The average Bonchev–Trinajstić information content (AvgIpc) is 3.49. The number of carbonyl (C=O) groups is 1. The Bertz CT molecular complexity index is 1380. The lowest BCUT2D eigenvalue weighted by Crippen LogP contribution is -2.28. The molecule has 1 amide bonds. The predicted molar refractivity (Wildman–Crippen MR) is 127 cm³/mol. The molecular formula is C24H22FN5O2S. The molecule has 5 rings (SSSR count). The number of nitrogens with zero attached hydrogens (tertiary/aromatic N) is 4. The second-order valence-corrected chi connectivity index (χ2v) is 9.11. The summed E-state index contributed by atoms with van der Waals surface area (Å²) >= 11 is 1.82. The molecule has 0 aliphatic carbocycles. The second-order valence-electron chi connectivity index (χ2n) is 8.20. The van der Waals surface area contributed by atoms with Gasteiger partial charge in [0.2, 0.25) is 0 Å². The Hall–Kier alpha value is -3.46. The molecular weight excluding hydrogens is 441 g/mol. The number of aromatic nitrogens is 4. The van der Waals surface area contributed by atoms with Crippen LogP contribution in [0.25, 0.3) is 27.8 Å². The molecule has 2 aromatic carbocycles. The van der Waals surface area contributed by atoms with Crippen molar-refractivity contribution < 1.29 is 9.18 Å². The van der Waals surface area contributed by atoms with Crippen LogP contribution in [0.15, 0.2) is 59.5 Å². The second kappa shape index (κ2) is 8.82. The number of amides is 1. The van der Waals surface area contributed by atoms with Crippen molar-refractivity contribution in [3.8, 4) is 16.9 Å². The smallest absolute Gasteiger partial charge is 0.258 e. The summed E-state index contributed by atoms with van der Waals surface area (Å²) in [5.74, 6) is 1.30. The van der Waals surface area contributed by atoms with Gasteiger partial charge in [-0.3, -0.25) is 9.59 Å². The van der Waals surface area contributed by atoms with E-state index in [1.807, 2.05) is 16.7 Å². The molecule has 33 heavy (non-hydrogen) atoms. The largest absolute Gasteiger partial charge is 0.338 e. The van der Waals surface area contributed by atoms with Crippen LogP contribution in [-0.2, 0) is 0 Å². The highest BCUT2D eigenvalue weighted by molar-refractivity contribution is 7.98. The Labute approximate surface area is 193 Å². The van der Waals surface area contributed by atoms with Crippen molar-refractivity contribution in [2.75, 3.05) is 25.1 Å². The van der Waals surface area contributed by atoms with Crippen LogP contribution in [0.5, 0.6) is 0 Å². The number of carbonyl (C=O) groups excluding carboxylic acids is 1. The third-order valence-corrected chi connectivity index (χ3v) is 6.73. The fraction of sp³-hybridized carbons (Fsp3) is 0.250. The van der Waals surface area contributed by atoms with E-state index < -0.39 is 0 Å². The highest BCUT2D eigenvalue weighted by Crippen LogP contribution is 2.23. The summed E-state index contributed by atoms with van der Waals surface area (Å²) in [6.45, 7) is 1.60. The zero-order chi connectivity index (χ0) is 22.9. The number of pyridine rings is 1. The van der Waals surface area contributed by atoms with E-state index in [2.05, 4.69) is 21.6 Å². The van der Waals surface area contributed by atoms with Crippen molar-refractivity contribution in [3.63, 3.8) is 0 Å². The monoisotopic (exact) mass is 463 g/mol. The number of likely N-dealkylation sites (tertiary alicyclic amines) is 1.